The largest absolute Gasteiger partial charge is 0.300 e. The molecule has 0 fully saturated rings. The Morgan fingerprint density at radius 2 is 2.29 bits per heavy atom. The van der Waals surface area contributed by atoms with Crippen LogP contribution in [-0.2, 0) is 17.6 Å². The van der Waals surface area contributed by atoms with E-state index in [9.17, 15) is 4.79 Å². The Morgan fingerprint density at radius 3 is 2.86 bits per heavy atom. The maximum Gasteiger partial charge on any atom is 0.130 e. The van der Waals surface area contributed by atoms with Gasteiger partial charge < -0.3 is 4.79 Å². The average Bonchev–Trinajstić information content (AvgIpc) is 2.47. The lowest BCUT2D eigenvalue weighted by atomic mass is 10.1. The van der Waals surface area contributed by atoms with Gasteiger partial charge in [0.25, 0.3) is 0 Å². The Hall–Kier alpha value is -0.700. The summed E-state index contributed by atoms with van der Waals surface area (Å²) in [6.45, 7) is 6.01. The minimum atomic E-state index is 0.239. The highest BCUT2D eigenvalue weighted by molar-refractivity contribution is 7.09. The number of aryl methyl sites for hydroxylation is 1. The van der Waals surface area contributed by atoms with Crippen molar-refractivity contribution in [2.24, 2.45) is 5.92 Å². The summed E-state index contributed by atoms with van der Waals surface area (Å²) in [5.41, 5.74) is 1.07. The van der Waals surface area contributed by atoms with Gasteiger partial charge in [-0.3, -0.25) is 0 Å². The average molecular weight is 211 g/mol. The molecule has 0 N–H and O–H groups in total. The Labute approximate surface area is 89.4 Å². The lowest BCUT2D eigenvalue weighted by Gasteiger charge is -1.98. The van der Waals surface area contributed by atoms with E-state index in [0.29, 0.717) is 12.3 Å². The molecule has 14 heavy (non-hydrogen) atoms. The van der Waals surface area contributed by atoms with Gasteiger partial charge in [0.2, 0.25) is 0 Å². The third-order valence-corrected chi connectivity index (χ3v) is 2.84. The molecule has 0 bridgehead atoms. The Morgan fingerprint density at radius 1 is 1.57 bits per heavy atom. The summed E-state index contributed by atoms with van der Waals surface area (Å²) in [6, 6.07) is 0. The van der Waals surface area contributed by atoms with E-state index in [0.717, 1.165) is 18.5 Å². The van der Waals surface area contributed by atoms with Crippen molar-refractivity contribution < 1.29 is 4.79 Å². The van der Waals surface area contributed by atoms with Crippen molar-refractivity contribution in [2.75, 3.05) is 0 Å². The topological polar surface area (TPSA) is 30.0 Å². The van der Waals surface area contributed by atoms with Crippen molar-refractivity contribution in [3.05, 3.63) is 16.1 Å². The van der Waals surface area contributed by atoms with Crippen molar-refractivity contribution in [1.82, 2.24) is 4.98 Å². The number of carbonyl (C=O) groups is 1. The molecular weight excluding hydrogens is 194 g/mol. The maximum atomic E-state index is 10.8. The summed E-state index contributed by atoms with van der Waals surface area (Å²) in [5, 5.41) is 3.26. The van der Waals surface area contributed by atoms with Gasteiger partial charge in [0, 0.05) is 18.2 Å². The standard InChI is InChI=1S/C11H17NOS/c1-8(2)6-11-12-10(7-14-11)5-4-9(3)13/h7-8H,4-6H2,1-3H3. The smallest absolute Gasteiger partial charge is 0.130 e. The number of carbonyl (C=O) groups excluding carboxylic acids is 1. The van der Waals surface area contributed by atoms with Gasteiger partial charge in [0.1, 0.15) is 5.78 Å². The van der Waals surface area contributed by atoms with Crippen LogP contribution in [0, 0.1) is 5.92 Å². The van der Waals surface area contributed by atoms with Gasteiger partial charge in [-0.1, -0.05) is 13.8 Å². The van der Waals surface area contributed by atoms with Gasteiger partial charge in [0.15, 0.2) is 0 Å². The van der Waals surface area contributed by atoms with Crippen LogP contribution in [0.5, 0.6) is 0 Å². The molecule has 0 aromatic carbocycles. The van der Waals surface area contributed by atoms with Crippen LogP contribution in [0.25, 0.3) is 0 Å². The number of rotatable bonds is 5. The summed E-state index contributed by atoms with van der Waals surface area (Å²) in [7, 11) is 0. The van der Waals surface area contributed by atoms with E-state index in [4.69, 9.17) is 0 Å². The van der Waals surface area contributed by atoms with Gasteiger partial charge >= 0.3 is 0 Å². The summed E-state index contributed by atoms with van der Waals surface area (Å²) in [5.74, 6) is 0.894. The zero-order chi connectivity index (χ0) is 10.6. The Bertz CT molecular complexity index is 304. The Kier molecular flexibility index (Phi) is 4.26. The van der Waals surface area contributed by atoms with Gasteiger partial charge in [-0.05, 0) is 19.3 Å². The first-order valence-electron chi connectivity index (χ1n) is 5.00. The fraction of sp³-hybridized carbons (Fsp3) is 0.636. The molecule has 0 aliphatic rings. The molecule has 3 heteroatoms. The number of thiazole rings is 1. The molecule has 0 aliphatic carbocycles. The second-order valence-electron chi connectivity index (χ2n) is 4.03. The molecule has 0 spiro atoms. The minimum absolute atomic E-state index is 0.239. The van der Waals surface area contributed by atoms with E-state index in [1.54, 1.807) is 18.3 Å². The molecule has 0 saturated carbocycles. The van der Waals surface area contributed by atoms with Gasteiger partial charge in [0.05, 0.1) is 10.7 Å². The van der Waals surface area contributed by atoms with Crippen LogP contribution < -0.4 is 0 Å². The number of nitrogens with zero attached hydrogens (tertiary/aromatic N) is 1. The van der Waals surface area contributed by atoms with E-state index >= 15 is 0 Å². The minimum Gasteiger partial charge on any atom is -0.300 e. The van der Waals surface area contributed by atoms with Crippen LogP contribution in [0.3, 0.4) is 0 Å². The maximum absolute atomic E-state index is 10.8. The molecule has 0 atom stereocenters. The monoisotopic (exact) mass is 211 g/mol. The highest BCUT2D eigenvalue weighted by atomic mass is 32.1. The molecule has 0 amide bonds. The third-order valence-electron chi connectivity index (χ3n) is 1.92. The summed E-state index contributed by atoms with van der Waals surface area (Å²) < 4.78 is 0. The van der Waals surface area contributed by atoms with E-state index in [1.807, 2.05) is 0 Å². The van der Waals surface area contributed by atoms with Gasteiger partial charge in [-0.2, -0.15) is 0 Å². The summed E-state index contributed by atoms with van der Waals surface area (Å²) >= 11 is 1.71. The summed E-state index contributed by atoms with van der Waals surface area (Å²) in [4.78, 5) is 15.3. The molecule has 0 saturated heterocycles. The van der Waals surface area contributed by atoms with Crippen molar-refractivity contribution in [1.29, 1.82) is 0 Å². The first kappa shape index (κ1) is 11.4. The Balaban J connectivity index is 2.46. The number of ketones is 1. The number of hydrogen-bond donors (Lipinski definition) is 0. The molecule has 0 unspecified atom stereocenters. The molecule has 0 radical (unpaired) electrons. The van der Waals surface area contributed by atoms with Crippen LogP contribution in [0.1, 0.15) is 37.9 Å². The predicted octanol–water partition coefficient (Wildman–Crippen LogP) is 2.86. The molecule has 1 aromatic rings. The SMILES string of the molecule is CC(=O)CCc1csc(CC(C)C)n1. The highest BCUT2D eigenvalue weighted by Crippen LogP contribution is 2.15. The zero-order valence-electron chi connectivity index (χ0n) is 9.04. The summed E-state index contributed by atoms with van der Waals surface area (Å²) in [6.07, 6.45) is 2.46. The van der Waals surface area contributed by atoms with E-state index in [-0.39, 0.29) is 5.78 Å². The van der Waals surface area contributed by atoms with Crippen LogP contribution in [-0.4, -0.2) is 10.8 Å². The molecule has 1 rings (SSSR count). The second kappa shape index (κ2) is 5.25. The van der Waals surface area contributed by atoms with E-state index < -0.39 is 0 Å². The van der Waals surface area contributed by atoms with Crippen LogP contribution in [0.4, 0.5) is 0 Å². The first-order valence-corrected chi connectivity index (χ1v) is 5.88. The van der Waals surface area contributed by atoms with Crippen LogP contribution >= 0.6 is 11.3 Å². The second-order valence-corrected chi connectivity index (χ2v) is 4.98. The zero-order valence-corrected chi connectivity index (χ0v) is 9.86. The van der Waals surface area contributed by atoms with Crippen molar-refractivity contribution >= 4 is 17.1 Å². The quantitative estimate of drug-likeness (QED) is 0.749. The first-order chi connectivity index (χ1) is 6.58. The number of Topliss-reactive ketones (excluding diaryl/α,β-unsaturated/α-hetero) is 1. The highest BCUT2D eigenvalue weighted by Gasteiger charge is 2.04. The third kappa shape index (κ3) is 4.01. The molecule has 1 aromatic heterocycles. The van der Waals surface area contributed by atoms with Crippen molar-refractivity contribution in [2.45, 2.75) is 40.0 Å². The van der Waals surface area contributed by atoms with Gasteiger partial charge in [-0.15, -0.1) is 11.3 Å². The normalized spacial score (nSPS) is 10.9. The number of aromatic nitrogens is 1. The molecule has 0 aliphatic heterocycles. The fourth-order valence-corrected chi connectivity index (χ4v) is 2.25. The molecular formula is C11H17NOS. The van der Waals surface area contributed by atoms with E-state index in [1.165, 1.54) is 5.01 Å². The van der Waals surface area contributed by atoms with E-state index in [2.05, 4.69) is 24.2 Å². The molecule has 2 nitrogen and oxygen atoms in total. The van der Waals surface area contributed by atoms with Crippen molar-refractivity contribution in [3.8, 4) is 0 Å². The van der Waals surface area contributed by atoms with Crippen LogP contribution in [0.2, 0.25) is 0 Å². The molecule has 78 valence electrons. The lowest BCUT2D eigenvalue weighted by Crippen LogP contribution is -1.96. The van der Waals surface area contributed by atoms with Crippen molar-refractivity contribution in [3.63, 3.8) is 0 Å². The fourth-order valence-electron chi connectivity index (χ4n) is 1.21. The van der Waals surface area contributed by atoms with Crippen LogP contribution in [0.15, 0.2) is 5.38 Å². The number of hydrogen-bond acceptors (Lipinski definition) is 3. The molecule has 1 heterocycles. The van der Waals surface area contributed by atoms with Gasteiger partial charge in [-0.25, -0.2) is 4.98 Å². The lowest BCUT2D eigenvalue weighted by molar-refractivity contribution is -0.116. The predicted molar refractivity (Wildman–Crippen MR) is 59.7 cm³/mol.